The number of nitrogens with zero attached hydrogens (tertiary/aromatic N) is 2. The fourth-order valence-corrected chi connectivity index (χ4v) is 2.60. The minimum absolute atomic E-state index is 0. The lowest BCUT2D eigenvalue weighted by molar-refractivity contribution is 0.0623. The number of likely N-dealkylation sites (tertiary alicyclic amines) is 1. The summed E-state index contributed by atoms with van der Waals surface area (Å²) >= 11 is 0. The van der Waals surface area contributed by atoms with Crippen molar-refractivity contribution in [2.75, 3.05) is 32.1 Å². The molecular weight excluding hydrogens is 274 g/mol. The van der Waals surface area contributed by atoms with Crippen LogP contribution in [0.3, 0.4) is 0 Å². The van der Waals surface area contributed by atoms with Crippen molar-refractivity contribution in [1.82, 2.24) is 4.90 Å². The summed E-state index contributed by atoms with van der Waals surface area (Å²) in [6.07, 6.45) is 3.27. The van der Waals surface area contributed by atoms with Crippen LogP contribution in [0.2, 0.25) is 0 Å². The molecule has 1 amide bonds. The second kappa shape index (κ2) is 7.50. The Morgan fingerprint density at radius 2 is 2.15 bits per heavy atom. The summed E-state index contributed by atoms with van der Waals surface area (Å²) in [7, 11) is 3.96. The predicted octanol–water partition coefficient (Wildman–Crippen LogP) is 2.13. The van der Waals surface area contributed by atoms with Crippen molar-refractivity contribution < 1.29 is 4.79 Å². The number of piperidine rings is 1. The highest BCUT2D eigenvalue weighted by Crippen LogP contribution is 2.21. The monoisotopic (exact) mass is 297 g/mol. The molecule has 0 radical (unpaired) electrons. The number of amides is 1. The van der Waals surface area contributed by atoms with E-state index in [9.17, 15) is 4.79 Å². The van der Waals surface area contributed by atoms with Crippen molar-refractivity contribution in [3.8, 4) is 0 Å². The average molecular weight is 298 g/mol. The highest BCUT2D eigenvalue weighted by atomic mass is 35.5. The second-order valence-corrected chi connectivity index (χ2v) is 5.33. The number of hydrogen-bond donors (Lipinski definition) is 1. The fourth-order valence-electron chi connectivity index (χ4n) is 2.60. The lowest BCUT2D eigenvalue weighted by atomic mass is 10.0. The van der Waals surface area contributed by atoms with E-state index in [0.29, 0.717) is 6.54 Å². The van der Waals surface area contributed by atoms with Gasteiger partial charge in [0.15, 0.2) is 0 Å². The van der Waals surface area contributed by atoms with Crippen LogP contribution in [0.25, 0.3) is 0 Å². The first kappa shape index (κ1) is 16.8. The summed E-state index contributed by atoms with van der Waals surface area (Å²) in [4.78, 5) is 16.5. The SMILES string of the molecule is CN(C)c1cccc(C(=O)N2CCCCC2CN)c1.Cl. The summed E-state index contributed by atoms with van der Waals surface area (Å²) in [5, 5.41) is 0. The van der Waals surface area contributed by atoms with Gasteiger partial charge in [0.05, 0.1) is 0 Å². The maximum Gasteiger partial charge on any atom is 0.254 e. The quantitative estimate of drug-likeness (QED) is 0.930. The summed E-state index contributed by atoms with van der Waals surface area (Å²) in [6.45, 7) is 1.38. The zero-order valence-corrected chi connectivity index (χ0v) is 13.0. The molecule has 1 aromatic carbocycles. The molecule has 1 unspecified atom stereocenters. The van der Waals surface area contributed by atoms with Crippen LogP contribution in [0.5, 0.6) is 0 Å². The molecule has 5 heteroatoms. The maximum atomic E-state index is 12.6. The highest BCUT2D eigenvalue weighted by molar-refractivity contribution is 5.95. The van der Waals surface area contributed by atoms with Crippen molar-refractivity contribution in [3.63, 3.8) is 0 Å². The van der Waals surface area contributed by atoms with E-state index in [0.717, 1.165) is 30.6 Å². The Balaban J connectivity index is 0.00000200. The summed E-state index contributed by atoms with van der Waals surface area (Å²) in [5.74, 6) is 0.110. The Labute approximate surface area is 127 Å². The number of rotatable bonds is 3. The van der Waals surface area contributed by atoms with Gasteiger partial charge in [0.2, 0.25) is 0 Å². The molecule has 0 spiro atoms. The van der Waals surface area contributed by atoms with Crippen LogP contribution in [0.4, 0.5) is 5.69 Å². The zero-order chi connectivity index (χ0) is 13.8. The van der Waals surface area contributed by atoms with Gasteiger partial charge in [0, 0.05) is 44.5 Å². The number of hydrogen-bond acceptors (Lipinski definition) is 3. The van der Waals surface area contributed by atoms with E-state index in [1.165, 1.54) is 6.42 Å². The Bertz CT molecular complexity index is 450. The van der Waals surface area contributed by atoms with Crippen LogP contribution >= 0.6 is 12.4 Å². The topological polar surface area (TPSA) is 49.6 Å². The maximum absolute atomic E-state index is 12.6. The van der Waals surface area contributed by atoms with E-state index in [-0.39, 0.29) is 24.4 Å². The van der Waals surface area contributed by atoms with Gasteiger partial charge in [-0.2, -0.15) is 0 Å². The lowest BCUT2D eigenvalue weighted by Crippen LogP contribution is -2.47. The summed E-state index contributed by atoms with van der Waals surface area (Å²) < 4.78 is 0. The molecule has 1 aromatic rings. The highest BCUT2D eigenvalue weighted by Gasteiger charge is 2.26. The standard InChI is InChI=1S/C15H23N3O.ClH/c1-17(2)13-8-5-6-12(10-13)15(19)18-9-4-3-7-14(18)11-16;/h5-6,8,10,14H,3-4,7,9,11,16H2,1-2H3;1H. The molecule has 112 valence electrons. The molecule has 0 bridgehead atoms. The average Bonchev–Trinajstić information content (AvgIpc) is 2.46. The first-order valence-electron chi connectivity index (χ1n) is 6.92. The molecule has 0 aromatic heterocycles. The molecule has 0 saturated carbocycles. The van der Waals surface area contributed by atoms with Gasteiger partial charge in [-0.3, -0.25) is 4.79 Å². The van der Waals surface area contributed by atoms with Crippen molar-refractivity contribution in [3.05, 3.63) is 29.8 Å². The van der Waals surface area contributed by atoms with Gasteiger partial charge in [0.25, 0.3) is 5.91 Å². The second-order valence-electron chi connectivity index (χ2n) is 5.33. The fraction of sp³-hybridized carbons (Fsp3) is 0.533. The molecule has 0 aliphatic carbocycles. The van der Waals surface area contributed by atoms with E-state index in [1.807, 2.05) is 48.2 Å². The van der Waals surface area contributed by atoms with E-state index < -0.39 is 0 Å². The molecule has 1 aliphatic heterocycles. The molecule has 4 nitrogen and oxygen atoms in total. The van der Waals surface area contributed by atoms with Gasteiger partial charge >= 0.3 is 0 Å². The molecule has 1 atom stereocenters. The minimum atomic E-state index is 0. The van der Waals surface area contributed by atoms with Crippen LogP contribution in [-0.4, -0.2) is 44.0 Å². The van der Waals surface area contributed by atoms with Crippen molar-refractivity contribution in [2.45, 2.75) is 25.3 Å². The van der Waals surface area contributed by atoms with Gasteiger partial charge in [-0.15, -0.1) is 12.4 Å². The van der Waals surface area contributed by atoms with Crippen molar-refractivity contribution >= 4 is 24.0 Å². The van der Waals surface area contributed by atoms with Gasteiger partial charge in [-0.25, -0.2) is 0 Å². The van der Waals surface area contributed by atoms with Gasteiger partial charge in [-0.1, -0.05) is 6.07 Å². The van der Waals surface area contributed by atoms with E-state index >= 15 is 0 Å². The summed E-state index contributed by atoms with van der Waals surface area (Å²) in [5.41, 5.74) is 7.59. The van der Waals surface area contributed by atoms with Crippen LogP contribution in [0, 0.1) is 0 Å². The Morgan fingerprint density at radius 1 is 1.40 bits per heavy atom. The zero-order valence-electron chi connectivity index (χ0n) is 12.2. The Hall–Kier alpha value is -1.26. The third-order valence-electron chi connectivity index (χ3n) is 3.77. The molecular formula is C15H24ClN3O. The largest absolute Gasteiger partial charge is 0.378 e. The molecule has 1 aliphatic rings. The van der Waals surface area contributed by atoms with Crippen LogP contribution in [0.15, 0.2) is 24.3 Å². The van der Waals surface area contributed by atoms with Gasteiger partial charge in [-0.05, 0) is 37.5 Å². The smallest absolute Gasteiger partial charge is 0.254 e. The number of nitrogens with two attached hydrogens (primary N) is 1. The first-order chi connectivity index (χ1) is 9.13. The van der Waals surface area contributed by atoms with E-state index in [4.69, 9.17) is 5.73 Å². The number of anilines is 1. The molecule has 1 heterocycles. The Kier molecular flexibility index (Phi) is 6.30. The van der Waals surface area contributed by atoms with Crippen molar-refractivity contribution in [1.29, 1.82) is 0 Å². The number of carbonyl (C=O) groups is 1. The number of halogens is 1. The van der Waals surface area contributed by atoms with Crippen LogP contribution < -0.4 is 10.6 Å². The number of benzene rings is 1. The van der Waals surface area contributed by atoms with Crippen LogP contribution in [-0.2, 0) is 0 Å². The lowest BCUT2D eigenvalue weighted by Gasteiger charge is -2.35. The molecule has 20 heavy (non-hydrogen) atoms. The van der Waals surface area contributed by atoms with E-state index in [2.05, 4.69) is 0 Å². The summed E-state index contributed by atoms with van der Waals surface area (Å²) in [6, 6.07) is 7.98. The normalized spacial score (nSPS) is 18.4. The van der Waals surface area contributed by atoms with E-state index in [1.54, 1.807) is 0 Å². The minimum Gasteiger partial charge on any atom is -0.378 e. The van der Waals surface area contributed by atoms with Gasteiger partial charge < -0.3 is 15.5 Å². The predicted molar refractivity (Wildman–Crippen MR) is 85.7 cm³/mol. The molecule has 1 saturated heterocycles. The number of carbonyl (C=O) groups excluding carboxylic acids is 1. The van der Waals surface area contributed by atoms with Gasteiger partial charge in [0.1, 0.15) is 0 Å². The third-order valence-corrected chi connectivity index (χ3v) is 3.77. The molecule has 2 N–H and O–H groups in total. The first-order valence-corrected chi connectivity index (χ1v) is 6.92. The Morgan fingerprint density at radius 3 is 2.80 bits per heavy atom. The molecule has 1 fully saturated rings. The third kappa shape index (κ3) is 3.64. The van der Waals surface area contributed by atoms with Crippen molar-refractivity contribution in [2.24, 2.45) is 5.73 Å². The molecule has 2 rings (SSSR count). The van der Waals surface area contributed by atoms with Crippen LogP contribution in [0.1, 0.15) is 29.6 Å².